The Kier molecular flexibility index (Phi) is 5.69. The fourth-order valence-corrected chi connectivity index (χ4v) is 3.61. The minimum Gasteiger partial charge on any atom is -0.508 e. The molecule has 3 heterocycles. The van der Waals surface area contributed by atoms with Gasteiger partial charge >= 0.3 is 0 Å². The monoisotopic (exact) mass is 429 g/mol. The lowest BCUT2D eigenvalue weighted by Gasteiger charge is -2.23. The Balaban J connectivity index is 1.49. The Morgan fingerprint density at radius 2 is 2.00 bits per heavy atom. The average molecular weight is 429 g/mol. The van der Waals surface area contributed by atoms with E-state index >= 15 is 0 Å². The number of benzene rings is 1. The van der Waals surface area contributed by atoms with Crippen LogP contribution in [0.1, 0.15) is 11.8 Å². The second-order valence-corrected chi connectivity index (χ2v) is 7.33. The molecular weight excluding hydrogens is 406 g/mol. The largest absolute Gasteiger partial charge is 0.508 e. The molecule has 1 fully saturated rings. The van der Waals surface area contributed by atoms with Crippen molar-refractivity contribution in [1.82, 2.24) is 24.8 Å². The lowest BCUT2D eigenvalue weighted by Crippen LogP contribution is -2.53. The Hall–Kier alpha value is -3.32. The summed E-state index contributed by atoms with van der Waals surface area (Å²) in [5.41, 5.74) is 13.3. The lowest BCUT2D eigenvalue weighted by molar-refractivity contribution is -0.124. The van der Waals surface area contributed by atoms with Crippen molar-refractivity contribution in [3.8, 4) is 5.75 Å². The van der Waals surface area contributed by atoms with Crippen LogP contribution in [-0.2, 0) is 16.0 Å². The van der Waals surface area contributed by atoms with Gasteiger partial charge in [-0.2, -0.15) is 0 Å². The molecule has 0 bridgehead atoms. The summed E-state index contributed by atoms with van der Waals surface area (Å²) in [5, 5.41) is 32.6. The summed E-state index contributed by atoms with van der Waals surface area (Å²) in [4.78, 5) is 24.8. The van der Waals surface area contributed by atoms with E-state index in [-0.39, 0.29) is 18.0 Å². The number of carbonyl (C=O) groups is 1. The number of nitrogens with zero attached hydrogens (tertiary/aromatic N) is 4. The van der Waals surface area contributed by atoms with Crippen LogP contribution in [0.2, 0.25) is 0 Å². The van der Waals surface area contributed by atoms with E-state index < -0.39 is 43.0 Å². The maximum absolute atomic E-state index is 12.6. The Morgan fingerprint density at radius 1 is 1.26 bits per heavy atom. The molecule has 1 amide bonds. The number of aromatic hydroxyl groups is 1. The lowest BCUT2D eigenvalue weighted by atomic mass is 10.0. The summed E-state index contributed by atoms with van der Waals surface area (Å²) in [7, 11) is 0. The third-order valence-corrected chi connectivity index (χ3v) is 5.25. The van der Waals surface area contributed by atoms with Gasteiger partial charge in [-0.1, -0.05) is 12.1 Å². The van der Waals surface area contributed by atoms with E-state index in [1.807, 2.05) is 0 Å². The first-order chi connectivity index (χ1) is 14.9. The zero-order valence-electron chi connectivity index (χ0n) is 16.4. The van der Waals surface area contributed by atoms with Gasteiger partial charge in [0.2, 0.25) is 5.91 Å². The van der Waals surface area contributed by atoms with Crippen molar-refractivity contribution in [2.24, 2.45) is 5.73 Å². The van der Waals surface area contributed by atoms with E-state index in [1.54, 1.807) is 12.1 Å². The van der Waals surface area contributed by atoms with Gasteiger partial charge in [0, 0.05) is 0 Å². The van der Waals surface area contributed by atoms with Gasteiger partial charge in [0.05, 0.1) is 25.0 Å². The highest BCUT2D eigenvalue weighted by Gasteiger charge is 2.46. The first-order valence-corrected chi connectivity index (χ1v) is 9.60. The molecule has 1 aliphatic heterocycles. The van der Waals surface area contributed by atoms with Crippen LogP contribution in [0.15, 0.2) is 36.9 Å². The Labute approximate surface area is 176 Å². The van der Waals surface area contributed by atoms with Crippen molar-refractivity contribution in [1.29, 1.82) is 0 Å². The third-order valence-electron chi connectivity index (χ3n) is 5.25. The summed E-state index contributed by atoms with van der Waals surface area (Å²) in [5.74, 6) is -0.217. The van der Waals surface area contributed by atoms with Crippen LogP contribution < -0.4 is 16.8 Å². The molecule has 0 saturated carbocycles. The standard InChI is InChI=1S/C19H23N7O5/c20-11(5-9-1-3-10(28)4-2-9)18(30)25-13-12(6-27)31-19(15(13)29)26-8-24-14-16(21)22-7-23-17(14)26/h1-4,7-8,11-13,15,19,27-29H,5-6,20H2,(H,25,30)(H2,21,22,23)/t11-,12+,13+,15+,19+/m0/s1. The van der Waals surface area contributed by atoms with E-state index in [2.05, 4.69) is 20.3 Å². The number of nitrogens with one attached hydrogen (secondary N) is 1. The number of ether oxygens (including phenoxy) is 1. The molecule has 0 radical (unpaired) electrons. The Morgan fingerprint density at radius 3 is 2.71 bits per heavy atom. The van der Waals surface area contributed by atoms with Gasteiger partial charge in [-0.05, 0) is 24.1 Å². The van der Waals surface area contributed by atoms with Gasteiger partial charge in [0.15, 0.2) is 17.7 Å². The molecule has 2 aromatic heterocycles. The number of aliphatic hydroxyl groups excluding tert-OH is 2. The molecule has 1 saturated heterocycles. The van der Waals surface area contributed by atoms with Gasteiger partial charge in [0.25, 0.3) is 0 Å². The summed E-state index contributed by atoms with van der Waals surface area (Å²) in [6, 6.07) is 4.53. The smallest absolute Gasteiger partial charge is 0.237 e. The molecule has 31 heavy (non-hydrogen) atoms. The highest BCUT2D eigenvalue weighted by atomic mass is 16.5. The summed E-state index contributed by atoms with van der Waals surface area (Å²) in [6.45, 7) is -0.435. The number of phenolic OH excluding ortho intramolecular Hbond substituents is 1. The number of amides is 1. The topological polar surface area (TPSA) is 195 Å². The SMILES string of the molecule is Nc1ncnc2c1ncn2[C@@H]1O[C@H](CO)[C@@H](NC(=O)[C@@H](N)Cc2ccc(O)cc2)[C@H]1O. The second kappa shape index (κ2) is 8.43. The van der Waals surface area contributed by atoms with E-state index in [0.717, 1.165) is 5.56 Å². The minimum atomic E-state index is -1.21. The predicted octanol–water partition coefficient (Wildman–Crippen LogP) is -1.58. The number of fused-ring (bicyclic) bond motifs is 1. The number of hydrogen-bond donors (Lipinski definition) is 6. The number of phenols is 1. The maximum atomic E-state index is 12.6. The zero-order chi connectivity index (χ0) is 22.1. The predicted molar refractivity (Wildman–Crippen MR) is 108 cm³/mol. The Bertz CT molecular complexity index is 1070. The van der Waals surface area contributed by atoms with Crippen molar-refractivity contribution in [3.63, 3.8) is 0 Å². The molecule has 0 unspecified atom stereocenters. The molecule has 4 rings (SSSR count). The van der Waals surface area contributed by atoms with Gasteiger partial charge in [-0.3, -0.25) is 9.36 Å². The van der Waals surface area contributed by atoms with Gasteiger partial charge in [-0.25, -0.2) is 15.0 Å². The molecule has 12 nitrogen and oxygen atoms in total. The van der Waals surface area contributed by atoms with Crippen molar-refractivity contribution in [3.05, 3.63) is 42.5 Å². The maximum Gasteiger partial charge on any atom is 0.237 e. The van der Waals surface area contributed by atoms with Crippen LogP contribution in [0.25, 0.3) is 11.2 Å². The molecular formula is C19H23N7O5. The summed E-state index contributed by atoms with van der Waals surface area (Å²) < 4.78 is 7.25. The summed E-state index contributed by atoms with van der Waals surface area (Å²) in [6.07, 6.45) is -0.154. The first-order valence-electron chi connectivity index (χ1n) is 9.60. The van der Waals surface area contributed by atoms with Crippen LogP contribution in [0.5, 0.6) is 5.75 Å². The number of nitrogens with two attached hydrogens (primary N) is 2. The number of hydrogen-bond acceptors (Lipinski definition) is 10. The van der Waals surface area contributed by atoms with Crippen LogP contribution in [0.3, 0.4) is 0 Å². The highest BCUT2D eigenvalue weighted by molar-refractivity contribution is 5.82. The third kappa shape index (κ3) is 4.01. The second-order valence-electron chi connectivity index (χ2n) is 7.33. The van der Waals surface area contributed by atoms with Crippen LogP contribution >= 0.6 is 0 Å². The summed E-state index contributed by atoms with van der Waals surface area (Å²) >= 11 is 0. The number of rotatable bonds is 6. The molecule has 12 heteroatoms. The number of nitrogen functional groups attached to an aromatic ring is 1. The molecule has 5 atom stereocenters. The minimum absolute atomic E-state index is 0.115. The van der Waals surface area contributed by atoms with Crippen LogP contribution in [0, 0.1) is 0 Å². The molecule has 0 spiro atoms. The van der Waals surface area contributed by atoms with Crippen molar-refractivity contribution in [2.45, 2.75) is 36.9 Å². The normalized spacial score (nSPS) is 24.4. The van der Waals surface area contributed by atoms with Crippen molar-refractivity contribution >= 4 is 22.9 Å². The van der Waals surface area contributed by atoms with Crippen LogP contribution in [-0.4, -0.2) is 71.6 Å². The van der Waals surface area contributed by atoms with E-state index in [1.165, 1.54) is 29.4 Å². The first kappa shape index (κ1) is 20.9. The van der Waals surface area contributed by atoms with Gasteiger partial charge in [0.1, 0.15) is 29.8 Å². The molecule has 1 aromatic carbocycles. The molecule has 164 valence electrons. The quantitative estimate of drug-likeness (QED) is 0.266. The van der Waals surface area contributed by atoms with Gasteiger partial charge < -0.3 is 36.8 Å². The molecule has 3 aromatic rings. The van der Waals surface area contributed by atoms with Crippen molar-refractivity contribution < 1.29 is 24.9 Å². The number of carbonyl (C=O) groups excluding carboxylic acids is 1. The van der Waals surface area contributed by atoms with Crippen LogP contribution in [0.4, 0.5) is 5.82 Å². The van der Waals surface area contributed by atoms with E-state index in [4.69, 9.17) is 16.2 Å². The number of imidazole rings is 1. The number of anilines is 1. The number of aliphatic hydroxyl groups is 2. The molecule has 0 aliphatic carbocycles. The van der Waals surface area contributed by atoms with E-state index in [0.29, 0.717) is 11.2 Å². The fraction of sp³-hybridized carbons (Fsp3) is 0.368. The van der Waals surface area contributed by atoms with Crippen molar-refractivity contribution in [2.75, 3.05) is 12.3 Å². The zero-order valence-corrected chi connectivity index (χ0v) is 16.4. The van der Waals surface area contributed by atoms with E-state index in [9.17, 15) is 20.1 Å². The molecule has 1 aliphatic rings. The van der Waals surface area contributed by atoms with Gasteiger partial charge in [-0.15, -0.1) is 0 Å². The average Bonchev–Trinajstić information content (AvgIpc) is 3.32. The highest BCUT2D eigenvalue weighted by Crippen LogP contribution is 2.32. The fourth-order valence-electron chi connectivity index (χ4n) is 3.61. The number of aromatic nitrogens is 4. The molecule has 8 N–H and O–H groups in total.